The molecule has 0 radical (unpaired) electrons. The Labute approximate surface area is 139 Å². The Hall–Kier alpha value is -2.59. The van der Waals surface area contributed by atoms with Crippen LogP contribution in [0.15, 0.2) is 54.7 Å². The van der Waals surface area contributed by atoms with E-state index in [1.165, 1.54) is 0 Å². The fourth-order valence-corrected chi connectivity index (χ4v) is 2.58. The molecule has 0 atom stereocenters. The largest absolute Gasteiger partial charge is 0.322 e. The van der Waals surface area contributed by atoms with Crippen molar-refractivity contribution in [1.29, 1.82) is 0 Å². The van der Waals surface area contributed by atoms with E-state index in [1.807, 2.05) is 42.8 Å². The first-order valence-corrected chi connectivity index (χ1v) is 7.61. The van der Waals surface area contributed by atoms with Gasteiger partial charge in [0.15, 0.2) is 0 Å². The lowest BCUT2D eigenvalue weighted by Crippen LogP contribution is -2.13. The van der Waals surface area contributed by atoms with E-state index in [0.29, 0.717) is 10.6 Å². The standard InChI is InChI=1S/C18H16ClN3O/c1-12-11-15(19)5-8-17(12)21-18(23)14-3-6-16(7-4-14)22-13(2)9-10-20-22/h3-11H,1-2H3,(H,21,23). The van der Waals surface area contributed by atoms with Crippen molar-refractivity contribution >= 4 is 23.2 Å². The molecule has 3 aromatic rings. The highest BCUT2D eigenvalue weighted by atomic mass is 35.5. The van der Waals surface area contributed by atoms with Crippen LogP contribution < -0.4 is 5.32 Å². The smallest absolute Gasteiger partial charge is 0.255 e. The van der Waals surface area contributed by atoms with Gasteiger partial charge in [0, 0.05) is 28.2 Å². The van der Waals surface area contributed by atoms with Crippen molar-refractivity contribution < 1.29 is 4.79 Å². The van der Waals surface area contributed by atoms with E-state index in [1.54, 1.807) is 30.5 Å². The number of halogens is 1. The molecule has 0 aliphatic heterocycles. The fourth-order valence-electron chi connectivity index (χ4n) is 2.36. The summed E-state index contributed by atoms with van der Waals surface area (Å²) in [6, 6.07) is 14.6. The summed E-state index contributed by atoms with van der Waals surface area (Å²) < 4.78 is 1.82. The number of nitrogens with one attached hydrogen (secondary N) is 1. The van der Waals surface area contributed by atoms with E-state index in [2.05, 4.69) is 10.4 Å². The second kappa shape index (κ2) is 6.26. The molecule has 2 aromatic carbocycles. The number of carbonyl (C=O) groups is 1. The van der Waals surface area contributed by atoms with Crippen LogP contribution in [0.4, 0.5) is 5.69 Å². The summed E-state index contributed by atoms with van der Waals surface area (Å²) in [6.45, 7) is 3.89. The molecule has 1 N–H and O–H groups in total. The Kier molecular flexibility index (Phi) is 4.17. The minimum Gasteiger partial charge on any atom is -0.322 e. The number of nitrogens with zero attached hydrogens (tertiary/aromatic N) is 2. The monoisotopic (exact) mass is 325 g/mol. The van der Waals surface area contributed by atoms with E-state index in [0.717, 1.165) is 22.6 Å². The molecule has 0 saturated carbocycles. The van der Waals surface area contributed by atoms with Crippen molar-refractivity contribution in [1.82, 2.24) is 9.78 Å². The van der Waals surface area contributed by atoms with E-state index in [4.69, 9.17) is 11.6 Å². The summed E-state index contributed by atoms with van der Waals surface area (Å²) in [5.41, 5.74) is 4.24. The van der Waals surface area contributed by atoms with E-state index in [9.17, 15) is 4.79 Å². The van der Waals surface area contributed by atoms with Gasteiger partial charge in [-0.2, -0.15) is 5.10 Å². The lowest BCUT2D eigenvalue weighted by atomic mass is 10.1. The van der Waals surface area contributed by atoms with Crippen LogP contribution in [0.2, 0.25) is 5.02 Å². The molecule has 1 amide bonds. The molecule has 23 heavy (non-hydrogen) atoms. The Balaban J connectivity index is 1.79. The number of hydrogen-bond acceptors (Lipinski definition) is 2. The van der Waals surface area contributed by atoms with Crippen molar-refractivity contribution in [3.8, 4) is 5.69 Å². The molecule has 5 heteroatoms. The SMILES string of the molecule is Cc1cc(Cl)ccc1NC(=O)c1ccc(-n2nccc2C)cc1. The summed E-state index contributed by atoms with van der Waals surface area (Å²) in [5.74, 6) is -0.154. The molecule has 0 saturated heterocycles. The zero-order valence-corrected chi connectivity index (χ0v) is 13.6. The van der Waals surface area contributed by atoms with Gasteiger partial charge < -0.3 is 5.32 Å². The third-order valence-electron chi connectivity index (χ3n) is 3.64. The highest BCUT2D eigenvalue weighted by molar-refractivity contribution is 6.30. The molecule has 0 aliphatic carbocycles. The topological polar surface area (TPSA) is 46.9 Å². The predicted octanol–water partition coefficient (Wildman–Crippen LogP) is 4.39. The molecule has 3 rings (SSSR count). The van der Waals surface area contributed by atoms with Gasteiger partial charge in [0.25, 0.3) is 5.91 Å². The molecule has 116 valence electrons. The second-order valence-corrected chi connectivity index (χ2v) is 5.78. The van der Waals surface area contributed by atoms with Crippen LogP contribution in [-0.2, 0) is 0 Å². The molecule has 0 spiro atoms. The number of amides is 1. The number of hydrogen-bond donors (Lipinski definition) is 1. The van der Waals surface area contributed by atoms with Gasteiger partial charge in [0.05, 0.1) is 5.69 Å². The number of aryl methyl sites for hydroxylation is 2. The first-order valence-electron chi connectivity index (χ1n) is 7.23. The molecule has 4 nitrogen and oxygen atoms in total. The summed E-state index contributed by atoms with van der Waals surface area (Å²) >= 11 is 5.93. The van der Waals surface area contributed by atoms with Gasteiger partial charge in [0.2, 0.25) is 0 Å². The average Bonchev–Trinajstić information content (AvgIpc) is 2.96. The molecule has 0 fully saturated rings. The Bertz CT molecular complexity index is 853. The first-order chi connectivity index (χ1) is 11.0. The van der Waals surface area contributed by atoms with Crippen molar-refractivity contribution in [2.45, 2.75) is 13.8 Å². The maximum Gasteiger partial charge on any atom is 0.255 e. The highest BCUT2D eigenvalue weighted by Gasteiger charge is 2.09. The molecular formula is C18H16ClN3O. The normalized spacial score (nSPS) is 10.6. The highest BCUT2D eigenvalue weighted by Crippen LogP contribution is 2.20. The van der Waals surface area contributed by atoms with Crippen molar-refractivity contribution in [2.75, 3.05) is 5.32 Å². The summed E-state index contributed by atoms with van der Waals surface area (Å²) in [4.78, 5) is 12.3. The second-order valence-electron chi connectivity index (χ2n) is 5.34. The average molecular weight is 326 g/mol. The Morgan fingerprint density at radius 1 is 1.09 bits per heavy atom. The van der Waals surface area contributed by atoms with Gasteiger partial charge >= 0.3 is 0 Å². The van der Waals surface area contributed by atoms with Crippen molar-refractivity contribution in [2.24, 2.45) is 0 Å². The third kappa shape index (κ3) is 3.27. The zero-order valence-electron chi connectivity index (χ0n) is 12.9. The summed E-state index contributed by atoms with van der Waals surface area (Å²) in [6.07, 6.45) is 1.75. The third-order valence-corrected chi connectivity index (χ3v) is 3.88. The van der Waals surface area contributed by atoms with Crippen molar-refractivity contribution in [3.63, 3.8) is 0 Å². The lowest BCUT2D eigenvalue weighted by molar-refractivity contribution is 0.102. The number of anilines is 1. The minimum absolute atomic E-state index is 0.154. The minimum atomic E-state index is -0.154. The van der Waals surface area contributed by atoms with Crippen LogP contribution in [-0.4, -0.2) is 15.7 Å². The van der Waals surface area contributed by atoms with Crippen LogP contribution in [0.25, 0.3) is 5.69 Å². The molecule has 0 unspecified atom stereocenters. The number of carbonyl (C=O) groups excluding carboxylic acids is 1. The van der Waals surface area contributed by atoms with Crippen LogP contribution in [0.5, 0.6) is 0 Å². The molecule has 1 aromatic heterocycles. The van der Waals surface area contributed by atoms with Gasteiger partial charge in [-0.3, -0.25) is 4.79 Å². The van der Waals surface area contributed by atoms with Gasteiger partial charge in [-0.05, 0) is 67.9 Å². The van der Waals surface area contributed by atoms with E-state index < -0.39 is 0 Å². The molecular weight excluding hydrogens is 310 g/mol. The van der Waals surface area contributed by atoms with Crippen LogP contribution in [0.3, 0.4) is 0 Å². The van der Waals surface area contributed by atoms with Gasteiger partial charge in [-0.1, -0.05) is 11.6 Å². The van der Waals surface area contributed by atoms with E-state index >= 15 is 0 Å². The number of aromatic nitrogens is 2. The predicted molar refractivity (Wildman–Crippen MR) is 92.4 cm³/mol. The Morgan fingerprint density at radius 2 is 1.83 bits per heavy atom. The molecule has 0 aliphatic rings. The summed E-state index contributed by atoms with van der Waals surface area (Å²) in [7, 11) is 0. The zero-order chi connectivity index (χ0) is 16.4. The number of rotatable bonds is 3. The van der Waals surface area contributed by atoms with Gasteiger partial charge in [-0.15, -0.1) is 0 Å². The maximum absolute atomic E-state index is 12.3. The summed E-state index contributed by atoms with van der Waals surface area (Å²) in [5, 5.41) is 7.80. The van der Waals surface area contributed by atoms with Gasteiger partial charge in [-0.25, -0.2) is 4.68 Å². The Morgan fingerprint density at radius 3 is 2.43 bits per heavy atom. The van der Waals surface area contributed by atoms with Gasteiger partial charge in [0.1, 0.15) is 0 Å². The van der Waals surface area contributed by atoms with Crippen molar-refractivity contribution in [3.05, 3.63) is 76.6 Å². The number of benzene rings is 2. The van der Waals surface area contributed by atoms with E-state index in [-0.39, 0.29) is 5.91 Å². The quantitative estimate of drug-likeness (QED) is 0.776. The maximum atomic E-state index is 12.3. The van der Waals surface area contributed by atoms with Crippen LogP contribution in [0, 0.1) is 13.8 Å². The first kappa shape index (κ1) is 15.3. The lowest BCUT2D eigenvalue weighted by Gasteiger charge is -2.10. The van der Waals surface area contributed by atoms with Crippen LogP contribution in [0.1, 0.15) is 21.6 Å². The van der Waals surface area contributed by atoms with Crippen LogP contribution >= 0.6 is 11.6 Å². The molecule has 1 heterocycles. The fraction of sp³-hybridized carbons (Fsp3) is 0.111. The molecule has 0 bridgehead atoms.